The van der Waals surface area contributed by atoms with Gasteiger partial charge in [-0.2, -0.15) is 13.2 Å². The molecule has 0 spiro atoms. The number of hydrogen-bond donors (Lipinski definition) is 2. The van der Waals surface area contributed by atoms with E-state index in [1.807, 2.05) is 0 Å². The third-order valence-corrected chi connectivity index (χ3v) is 3.30. The molecule has 0 radical (unpaired) electrons. The number of benzene rings is 1. The average Bonchev–Trinajstić information content (AvgIpc) is 2.96. The van der Waals surface area contributed by atoms with Crippen molar-refractivity contribution >= 4 is 23.1 Å². The van der Waals surface area contributed by atoms with Crippen molar-refractivity contribution in [2.45, 2.75) is 25.6 Å². The molecule has 0 bridgehead atoms. The molecular weight excluding hydrogens is 333 g/mol. The van der Waals surface area contributed by atoms with Crippen molar-refractivity contribution < 1.29 is 27.7 Å². The minimum absolute atomic E-state index is 0.157. The van der Waals surface area contributed by atoms with Crippen molar-refractivity contribution in [3.63, 3.8) is 0 Å². The Balaban J connectivity index is 1.87. The van der Waals surface area contributed by atoms with Gasteiger partial charge >= 0.3 is 12.2 Å². The van der Waals surface area contributed by atoms with Crippen molar-refractivity contribution in [1.82, 2.24) is 5.32 Å². The number of nitro benzene ring substituents is 1. The van der Waals surface area contributed by atoms with E-state index in [4.69, 9.17) is 0 Å². The molecule has 0 saturated carbocycles. The molecule has 1 atom stereocenters. The largest absolute Gasteiger partial charge is 0.432 e. The van der Waals surface area contributed by atoms with Gasteiger partial charge in [0.25, 0.3) is 5.69 Å². The number of carbonyl (C=O) groups is 1. The normalized spacial score (nSPS) is 17.0. The van der Waals surface area contributed by atoms with E-state index < -0.39 is 35.4 Å². The average molecular weight is 346 g/mol. The highest BCUT2D eigenvalue weighted by atomic mass is 19.4. The van der Waals surface area contributed by atoms with Gasteiger partial charge in [0, 0.05) is 12.5 Å². The van der Waals surface area contributed by atoms with E-state index in [9.17, 15) is 28.1 Å². The van der Waals surface area contributed by atoms with Gasteiger partial charge in [-0.3, -0.25) is 10.1 Å². The number of amides is 2. The highest BCUT2D eigenvalue weighted by Crippen LogP contribution is 2.26. The van der Waals surface area contributed by atoms with Crippen molar-refractivity contribution in [3.05, 3.63) is 33.9 Å². The van der Waals surface area contributed by atoms with E-state index in [1.54, 1.807) is 0 Å². The Morgan fingerprint density at radius 2 is 2.21 bits per heavy atom. The van der Waals surface area contributed by atoms with Crippen molar-refractivity contribution in [2.75, 3.05) is 11.9 Å². The molecule has 0 aromatic heterocycles. The molecule has 24 heavy (non-hydrogen) atoms. The van der Waals surface area contributed by atoms with Crippen LogP contribution in [0.4, 0.5) is 29.3 Å². The predicted octanol–water partition coefficient (Wildman–Crippen LogP) is 2.73. The molecule has 1 aliphatic rings. The van der Waals surface area contributed by atoms with E-state index in [0.717, 1.165) is 0 Å². The first kappa shape index (κ1) is 17.5. The maximum absolute atomic E-state index is 12.4. The second kappa shape index (κ2) is 6.72. The summed E-state index contributed by atoms with van der Waals surface area (Å²) in [5.74, 6) is 0. The van der Waals surface area contributed by atoms with Crippen LogP contribution >= 0.6 is 0 Å². The van der Waals surface area contributed by atoms with Gasteiger partial charge in [-0.05, 0) is 13.0 Å². The van der Waals surface area contributed by atoms with Crippen LogP contribution < -0.4 is 10.6 Å². The van der Waals surface area contributed by atoms with Gasteiger partial charge in [-0.1, -0.05) is 11.2 Å². The summed E-state index contributed by atoms with van der Waals surface area (Å²) in [4.78, 5) is 26.6. The number of nitrogens with one attached hydrogen (secondary N) is 2. The molecule has 2 N–H and O–H groups in total. The first-order chi connectivity index (χ1) is 11.2. The summed E-state index contributed by atoms with van der Waals surface area (Å²) in [6.45, 7) is 1.28. The lowest BCUT2D eigenvalue weighted by Crippen LogP contribution is -2.36. The number of anilines is 1. The minimum Gasteiger partial charge on any atom is -0.390 e. The molecule has 11 heteroatoms. The maximum atomic E-state index is 12.4. The van der Waals surface area contributed by atoms with E-state index in [-0.39, 0.29) is 23.5 Å². The number of urea groups is 1. The first-order valence-corrected chi connectivity index (χ1v) is 6.77. The number of alkyl halides is 3. The first-order valence-electron chi connectivity index (χ1n) is 6.77. The highest BCUT2D eigenvalue weighted by Gasteiger charge is 2.41. The Morgan fingerprint density at radius 3 is 2.79 bits per heavy atom. The molecule has 0 saturated heterocycles. The summed E-state index contributed by atoms with van der Waals surface area (Å²) in [5, 5.41) is 18.5. The zero-order valence-corrected chi connectivity index (χ0v) is 12.4. The molecule has 1 aromatic rings. The number of hydrogen-bond acceptors (Lipinski definition) is 5. The fourth-order valence-electron chi connectivity index (χ4n) is 2.03. The van der Waals surface area contributed by atoms with Crippen LogP contribution in [-0.4, -0.2) is 35.5 Å². The molecule has 2 rings (SSSR count). The Hall–Kier alpha value is -2.85. The van der Waals surface area contributed by atoms with Crippen LogP contribution in [0.25, 0.3) is 0 Å². The molecule has 1 aromatic carbocycles. The van der Waals surface area contributed by atoms with Crippen LogP contribution in [-0.2, 0) is 4.84 Å². The number of carbonyl (C=O) groups excluding carboxylic acids is 1. The number of nitrogens with zero attached hydrogens (tertiary/aromatic N) is 2. The summed E-state index contributed by atoms with van der Waals surface area (Å²) in [5.41, 5.74) is -0.710. The molecule has 2 amide bonds. The Morgan fingerprint density at radius 1 is 1.50 bits per heavy atom. The Labute approximate surface area is 133 Å². The minimum atomic E-state index is -4.56. The Bertz CT molecular complexity index is 690. The van der Waals surface area contributed by atoms with Gasteiger partial charge < -0.3 is 15.5 Å². The van der Waals surface area contributed by atoms with Crippen LogP contribution in [0.5, 0.6) is 0 Å². The maximum Gasteiger partial charge on any atom is 0.432 e. The quantitative estimate of drug-likeness (QED) is 0.646. The Kier molecular flexibility index (Phi) is 4.90. The lowest BCUT2D eigenvalue weighted by atomic mass is 10.1. The summed E-state index contributed by atoms with van der Waals surface area (Å²) < 4.78 is 37.2. The molecule has 0 fully saturated rings. The SMILES string of the molecule is Cc1c(NC(=O)NCC2CC(C(F)(F)F)=NO2)cccc1[N+](=O)[O-]. The number of nitro groups is 1. The lowest BCUT2D eigenvalue weighted by Gasteiger charge is -2.12. The van der Waals surface area contributed by atoms with Gasteiger partial charge in [0.15, 0.2) is 11.8 Å². The van der Waals surface area contributed by atoms with E-state index in [1.165, 1.54) is 25.1 Å². The van der Waals surface area contributed by atoms with Crippen molar-refractivity contribution in [2.24, 2.45) is 5.16 Å². The van der Waals surface area contributed by atoms with Gasteiger partial charge in [0.2, 0.25) is 0 Å². The monoisotopic (exact) mass is 346 g/mol. The highest BCUT2D eigenvalue weighted by molar-refractivity contribution is 5.92. The van der Waals surface area contributed by atoms with Crippen LogP contribution in [0.1, 0.15) is 12.0 Å². The molecule has 130 valence electrons. The summed E-state index contributed by atoms with van der Waals surface area (Å²) >= 11 is 0. The summed E-state index contributed by atoms with van der Waals surface area (Å²) in [6, 6.07) is 3.45. The predicted molar refractivity (Wildman–Crippen MR) is 77.8 cm³/mol. The molecule has 8 nitrogen and oxygen atoms in total. The third kappa shape index (κ3) is 4.12. The zero-order valence-electron chi connectivity index (χ0n) is 12.4. The van der Waals surface area contributed by atoms with Gasteiger partial charge in [-0.25, -0.2) is 4.79 Å². The molecule has 1 unspecified atom stereocenters. The molecular formula is C13H13F3N4O4. The second-order valence-corrected chi connectivity index (χ2v) is 5.01. The van der Waals surface area contributed by atoms with E-state index >= 15 is 0 Å². The fraction of sp³-hybridized carbons (Fsp3) is 0.385. The number of halogens is 3. The van der Waals surface area contributed by atoms with Crippen molar-refractivity contribution in [1.29, 1.82) is 0 Å². The third-order valence-electron chi connectivity index (χ3n) is 3.30. The standard InChI is InChI=1S/C13H13F3N4O4/c1-7-9(3-2-4-10(7)20(22)23)18-12(21)17-6-8-5-11(19-24-8)13(14,15)16/h2-4,8H,5-6H2,1H3,(H2,17,18,21). The summed E-state index contributed by atoms with van der Waals surface area (Å²) in [7, 11) is 0. The van der Waals surface area contributed by atoms with Gasteiger partial charge in [0.1, 0.15) is 0 Å². The van der Waals surface area contributed by atoms with Gasteiger partial charge in [0.05, 0.1) is 22.7 Å². The van der Waals surface area contributed by atoms with Crippen LogP contribution in [0, 0.1) is 17.0 Å². The topological polar surface area (TPSA) is 106 Å². The van der Waals surface area contributed by atoms with Crippen LogP contribution in [0.2, 0.25) is 0 Å². The second-order valence-electron chi connectivity index (χ2n) is 5.01. The van der Waals surface area contributed by atoms with Crippen molar-refractivity contribution in [3.8, 4) is 0 Å². The van der Waals surface area contributed by atoms with Gasteiger partial charge in [-0.15, -0.1) is 0 Å². The number of rotatable bonds is 4. The lowest BCUT2D eigenvalue weighted by molar-refractivity contribution is -0.385. The fourth-order valence-corrected chi connectivity index (χ4v) is 2.03. The van der Waals surface area contributed by atoms with E-state index in [2.05, 4.69) is 20.6 Å². The number of oxime groups is 1. The van der Waals surface area contributed by atoms with E-state index in [0.29, 0.717) is 0 Å². The molecule has 0 aliphatic carbocycles. The van der Waals surface area contributed by atoms with Crippen LogP contribution in [0.15, 0.2) is 23.4 Å². The smallest absolute Gasteiger partial charge is 0.390 e. The molecule has 1 aliphatic heterocycles. The zero-order chi connectivity index (χ0) is 17.9. The molecule has 1 heterocycles. The van der Waals surface area contributed by atoms with Crippen LogP contribution in [0.3, 0.4) is 0 Å². The summed E-state index contributed by atoms with van der Waals surface area (Å²) in [6.07, 6.45) is -5.94.